The third kappa shape index (κ3) is 5.53. The van der Waals surface area contributed by atoms with Gasteiger partial charge in [-0.25, -0.2) is 4.98 Å². The molecular weight excluding hydrogens is 406 g/mol. The van der Waals surface area contributed by atoms with Crippen LogP contribution in [0.2, 0.25) is 0 Å². The zero-order valence-electron chi connectivity index (χ0n) is 14.8. The van der Waals surface area contributed by atoms with E-state index in [1.807, 2.05) is 0 Å². The molecule has 0 fully saturated rings. The van der Waals surface area contributed by atoms with Crippen LogP contribution in [0.15, 0.2) is 42.5 Å². The lowest BCUT2D eigenvalue weighted by Gasteiger charge is -2.16. The fourth-order valence-electron chi connectivity index (χ4n) is 2.67. The molecule has 0 aliphatic carbocycles. The monoisotopic (exact) mass is 420 g/mol. The third-order valence-electron chi connectivity index (χ3n) is 3.70. The standard InChI is InChI=1S/C18H14F6N2O3/c1-2-27-15(10-3-5-11(6-4-10)28-17(19,20)21)16-25-13-8-7-12(9-14(13)26-16)29-18(22,23)24/h3-9,15H,2H2,1H3,(H,25,26). The van der Waals surface area contributed by atoms with Crippen molar-refractivity contribution in [1.82, 2.24) is 9.97 Å². The fraction of sp³-hybridized carbons (Fsp3) is 0.278. The molecule has 1 N–H and O–H groups in total. The van der Waals surface area contributed by atoms with Crippen LogP contribution in [0.3, 0.4) is 0 Å². The van der Waals surface area contributed by atoms with Gasteiger partial charge in [0.25, 0.3) is 0 Å². The van der Waals surface area contributed by atoms with E-state index in [0.717, 1.165) is 24.3 Å². The van der Waals surface area contributed by atoms with Gasteiger partial charge in [-0.3, -0.25) is 0 Å². The highest BCUT2D eigenvalue weighted by atomic mass is 19.4. The van der Waals surface area contributed by atoms with E-state index in [1.165, 1.54) is 18.2 Å². The SMILES string of the molecule is CCOC(c1ccc(OC(F)(F)F)cc1)c1nc2cc(OC(F)(F)F)ccc2[nH]1. The van der Waals surface area contributed by atoms with Gasteiger partial charge >= 0.3 is 12.7 Å². The summed E-state index contributed by atoms with van der Waals surface area (Å²) in [6, 6.07) is 8.65. The van der Waals surface area contributed by atoms with Gasteiger partial charge in [0.05, 0.1) is 11.0 Å². The van der Waals surface area contributed by atoms with Crippen molar-refractivity contribution >= 4 is 11.0 Å². The summed E-state index contributed by atoms with van der Waals surface area (Å²) >= 11 is 0. The minimum absolute atomic E-state index is 0.212. The van der Waals surface area contributed by atoms with Gasteiger partial charge in [0.2, 0.25) is 0 Å². The van der Waals surface area contributed by atoms with Crippen LogP contribution in [0, 0.1) is 0 Å². The molecule has 5 nitrogen and oxygen atoms in total. The quantitative estimate of drug-likeness (QED) is 0.536. The van der Waals surface area contributed by atoms with Crippen molar-refractivity contribution in [3.63, 3.8) is 0 Å². The van der Waals surface area contributed by atoms with Crippen LogP contribution < -0.4 is 9.47 Å². The first kappa shape index (κ1) is 20.8. The first-order valence-electron chi connectivity index (χ1n) is 8.27. The van der Waals surface area contributed by atoms with Crippen molar-refractivity contribution in [1.29, 1.82) is 0 Å². The lowest BCUT2D eigenvalue weighted by Crippen LogP contribution is -2.17. The molecule has 1 heterocycles. The predicted octanol–water partition coefficient (Wildman–Crippen LogP) is 5.49. The summed E-state index contributed by atoms with van der Waals surface area (Å²) in [6.45, 7) is 1.97. The first-order valence-corrected chi connectivity index (χ1v) is 8.27. The molecule has 1 unspecified atom stereocenters. The molecule has 0 aliphatic rings. The van der Waals surface area contributed by atoms with Crippen LogP contribution in [0.1, 0.15) is 24.4 Å². The molecule has 11 heteroatoms. The molecule has 0 bridgehead atoms. The summed E-state index contributed by atoms with van der Waals surface area (Å²) in [4.78, 5) is 7.18. The van der Waals surface area contributed by atoms with E-state index >= 15 is 0 Å². The number of fused-ring (bicyclic) bond motifs is 1. The summed E-state index contributed by atoms with van der Waals surface area (Å²) in [5.41, 5.74) is 1.13. The summed E-state index contributed by atoms with van der Waals surface area (Å²) in [5.74, 6) is -0.546. The van der Waals surface area contributed by atoms with Crippen molar-refractivity contribution in [3.8, 4) is 11.5 Å². The number of hydrogen-bond acceptors (Lipinski definition) is 4. The average Bonchev–Trinajstić information content (AvgIpc) is 3.00. The number of nitrogens with one attached hydrogen (secondary N) is 1. The number of rotatable bonds is 6. The third-order valence-corrected chi connectivity index (χ3v) is 3.70. The van der Waals surface area contributed by atoms with Crippen molar-refractivity contribution in [3.05, 3.63) is 53.9 Å². The second kappa shape index (κ2) is 7.82. The van der Waals surface area contributed by atoms with Crippen LogP contribution in [0.5, 0.6) is 11.5 Å². The molecule has 0 aliphatic heterocycles. The van der Waals surface area contributed by atoms with Crippen LogP contribution in [0.25, 0.3) is 11.0 Å². The number of imidazole rings is 1. The first-order chi connectivity index (χ1) is 13.5. The van der Waals surface area contributed by atoms with Gasteiger partial charge in [-0.05, 0) is 36.8 Å². The molecule has 0 radical (unpaired) electrons. The van der Waals surface area contributed by atoms with E-state index in [0.29, 0.717) is 11.1 Å². The van der Waals surface area contributed by atoms with E-state index in [2.05, 4.69) is 19.4 Å². The second-order valence-electron chi connectivity index (χ2n) is 5.80. The number of aromatic nitrogens is 2. The molecule has 2 aromatic carbocycles. The normalized spacial score (nSPS) is 13.5. The molecule has 0 saturated carbocycles. The van der Waals surface area contributed by atoms with Crippen molar-refractivity contribution < 1.29 is 40.6 Å². The Morgan fingerprint density at radius 3 is 2.07 bits per heavy atom. The largest absolute Gasteiger partial charge is 0.573 e. The van der Waals surface area contributed by atoms with Gasteiger partial charge in [-0.1, -0.05) is 12.1 Å². The Morgan fingerprint density at radius 2 is 1.48 bits per heavy atom. The molecule has 0 spiro atoms. The summed E-state index contributed by atoms with van der Waals surface area (Å²) < 4.78 is 87.4. The number of aromatic amines is 1. The minimum atomic E-state index is -4.83. The lowest BCUT2D eigenvalue weighted by atomic mass is 10.1. The molecule has 3 aromatic rings. The maximum atomic E-state index is 12.4. The van der Waals surface area contributed by atoms with Crippen LogP contribution in [-0.2, 0) is 4.74 Å². The van der Waals surface area contributed by atoms with Gasteiger partial charge in [-0.2, -0.15) is 0 Å². The van der Waals surface area contributed by atoms with Gasteiger partial charge in [-0.15, -0.1) is 26.3 Å². The minimum Gasteiger partial charge on any atom is -0.406 e. The summed E-state index contributed by atoms with van der Waals surface area (Å²) in [7, 11) is 0. The number of alkyl halides is 6. The highest BCUT2D eigenvalue weighted by Gasteiger charge is 2.32. The van der Waals surface area contributed by atoms with E-state index in [4.69, 9.17) is 4.74 Å². The molecule has 1 atom stereocenters. The zero-order chi connectivity index (χ0) is 21.2. The average molecular weight is 420 g/mol. The Morgan fingerprint density at radius 1 is 0.897 bits per heavy atom. The van der Waals surface area contributed by atoms with Crippen molar-refractivity contribution in [2.24, 2.45) is 0 Å². The van der Waals surface area contributed by atoms with E-state index in [9.17, 15) is 26.3 Å². The van der Waals surface area contributed by atoms with Gasteiger partial charge in [0, 0.05) is 12.7 Å². The van der Waals surface area contributed by atoms with Crippen LogP contribution in [0.4, 0.5) is 26.3 Å². The van der Waals surface area contributed by atoms with Crippen molar-refractivity contribution in [2.75, 3.05) is 6.61 Å². The molecule has 0 saturated heterocycles. The maximum Gasteiger partial charge on any atom is 0.573 e. The number of hydrogen-bond donors (Lipinski definition) is 1. The summed E-state index contributed by atoms with van der Waals surface area (Å²) in [6.07, 6.45) is -10.4. The maximum absolute atomic E-state index is 12.4. The molecule has 29 heavy (non-hydrogen) atoms. The van der Waals surface area contributed by atoms with Gasteiger partial charge in [0.15, 0.2) is 0 Å². The Balaban J connectivity index is 1.89. The number of H-pyrrole nitrogens is 1. The summed E-state index contributed by atoms with van der Waals surface area (Å²) in [5, 5.41) is 0. The van der Waals surface area contributed by atoms with E-state index in [1.54, 1.807) is 6.92 Å². The van der Waals surface area contributed by atoms with Gasteiger partial charge in [0.1, 0.15) is 23.4 Å². The Hall–Kier alpha value is -2.95. The van der Waals surface area contributed by atoms with Crippen LogP contribution >= 0.6 is 0 Å². The smallest absolute Gasteiger partial charge is 0.406 e. The second-order valence-corrected chi connectivity index (χ2v) is 5.80. The molecule has 1 aromatic heterocycles. The molecule has 156 valence electrons. The topological polar surface area (TPSA) is 56.4 Å². The zero-order valence-corrected chi connectivity index (χ0v) is 14.8. The molecular formula is C18H14F6N2O3. The van der Waals surface area contributed by atoms with Gasteiger partial charge < -0.3 is 19.2 Å². The lowest BCUT2D eigenvalue weighted by molar-refractivity contribution is -0.275. The van der Waals surface area contributed by atoms with Crippen LogP contribution in [-0.4, -0.2) is 29.3 Å². The fourth-order valence-corrected chi connectivity index (χ4v) is 2.67. The Labute approximate surface area is 160 Å². The predicted molar refractivity (Wildman–Crippen MR) is 89.4 cm³/mol. The number of nitrogens with zero attached hydrogens (tertiary/aromatic N) is 1. The molecule has 0 amide bonds. The van der Waals surface area contributed by atoms with E-state index < -0.39 is 30.3 Å². The number of benzene rings is 2. The Kier molecular flexibility index (Phi) is 5.60. The van der Waals surface area contributed by atoms with Crippen molar-refractivity contribution in [2.45, 2.75) is 25.8 Å². The number of ether oxygens (including phenoxy) is 3. The number of halogens is 6. The highest BCUT2D eigenvalue weighted by Crippen LogP contribution is 2.31. The highest BCUT2D eigenvalue weighted by molar-refractivity contribution is 5.77. The molecule has 3 rings (SSSR count). The Bertz CT molecular complexity index is 966. The van der Waals surface area contributed by atoms with E-state index in [-0.39, 0.29) is 17.9 Å².